The van der Waals surface area contributed by atoms with Crippen molar-refractivity contribution in [2.75, 3.05) is 6.61 Å². The molecule has 0 fully saturated rings. The summed E-state index contributed by atoms with van der Waals surface area (Å²) in [4.78, 5) is 4.92. The summed E-state index contributed by atoms with van der Waals surface area (Å²) in [6.07, 6.45) is 1.71. The molecule has 1 aromatic rings. The van der Waals surface area contributed by atoms with E-state index in [0.29, 0.717) is 6.61 Å². The van der Waals surface area contributed by atoms with Gasteiger partial charge in [-0.1, -0.05) is 35.5 Å². The molecular weight excluding hydrogens is 176 g/mol. The van der Waals surface area contributed by atoms with Crippen molar-refractivity contribution in [3.63, 3.8) is 0 Å². The van der Waals surface area contributed by atoms with Crippen molar-refractivity contribution >= 4 is 5.71 Å². The van der Waals surface area contributed by atoms with Crippen molar-refractivity contribution in [3.05, 3.63) is 35.9 Å². The van der Waals surface area contributed by atoms with Crippen LogP contribution in [0.3, 0.4) is 0 Å². The number of oxime groups is 1. The maximum absolute atomic E-state index is 6.00. The predicted molar refractivity (Wildman–Crippen MR) is 56.1 cm³/mol. The average Bonchev–Trinajstić information content (AvgIpc) is 2.72. The van der Waals surface area contributed by atoms with E-state index in [2.05, 4.69) is 17.3 Å². The summed E-state index contributed by atoms with van der Waals surface area (Å²) in [7, 11) is 0. The van der Waals surface area contributed by atoms with Crippen LogP contribution in [0.25, 0.3) is 0 Å². The van der Waals surface area contributed by atoms with Crippen molar-refractivity contribution in [2.24, 2.45) is 10.9 Å². The van der Waals surface area contributed by atoms with Crippen LogP contribution in [0.5, 0.6) is 0 Å². The molecule has 2 rings (SSSR count). The van der Waals surface area contributed by atoms with Crippen LogP contribution >= 0.6 is 0 Å². The van der Waals surface area contributed by atoms with Gasteiger partial charge in [0.1, 0.15) is 6.61 Å². The third kappa shape index (κ3) is 2.12. The van der Waals surface area contributed by atoms with Crippen LogP contribution in [0.2, 0.25) is 0 Å². The Balaban J connectivity index is 1.97. The molecule has 0 saturated carbocycles. The van der Waals surface area contributed by atoms with Crippen LogP contribution in [0.1, 0.15) is 12.0 Å². The molecule has 2 N–H and O–H groups in total. The van der Waals surface area contributed by atoms with Crippen LogP contribution in [-0.2, 0) is 11.3 Å². The van der Waals surface area contributed by atoms with Crippen LogP contribution in [0.4, 0.5) is 0 Å². The normalized spacial score (nSPS) is 17.4. The molecule has 0 aliphatic carbocycles. The Bertz CT molecular complexity index is 321. The zero-order valence-electron chi connectivity index (χ0n) is 8.02. The second-order valence-electron chi connectivity index (χ2n) is 3.46. The highest BCUT2D eigenvalue weighted by atomic mass is 16.6. The first-order valence-corrected chi connectivity index (χ1v) is 4.84. The predicted octanol–water partition coefficient (Wildman–Crippen LogP) is 1.33. The SMILES string of the molecule is N[C@@H](Cc1ccccc1)C1=NOCC1. The largest absolute Gasteiger partial charge is 0.395 e. The molecule has 0 spiro atoms. The minimum absolute atomic E-state index is 0.0000926. The minimum Gasteiger partial charge on any atom is -0.395 e. The molecule has 3 heteroatoms. The lowest BCUT2D eigenvalue weighted by molar-refractivity contribution is 0.173. The van der Waals surface area contributed by atoms with Crippen molar-refractivity contribution < 1.29 is 4.84 Å². The number of nitrogens with two attached hydrogens (primary N) is 1. The van der Waals surface area contributed by atoms with Crippen molar-refractivity contribution in [1.82, 2.24) is 0 Å². The van der Waals surface area contributed by atoms with Gasteiger partial charge in [-0.25, -0.2) is 0 Å². The van der Waals surface area contributed by atoms with Crippen LogP contribution in [-0.4, -0.2) is 18.4 Å². The molecule has 1 heterocycles. The van der Waals surface area contributed by atoms with Gasteiger partial charge in [-0.15, -0.1) is 0 Å². The molecule has 0 saturated heterocycles. The Hall–Kier alpha value is -1.35. The summed E-state index contributed by atoms with van der Waals surface area (Å²) < 4.78 is 0. The number of rotatable bonds is 3. The van der Waals surface area contributed by atoms with E-state index in [1.807, 2.05) is 18.2 Å². The zero-order valence-corrected chi connectivity index (χ0v) is 8.02. The van der Waals surface area contributed by atoms with E-state index in [4.69, 9.17) is 10.6 Å². The lowest BCUT2D eigenvalue weighted by atomic mass is 10.0. The number of benzene rings is 1. The highest BCUT2D eigenvalue weighted by Gasteiger charge is 2.16. The maximum Gasteiger partial charge on any atom is 0.122 e. The molecule has 1 aliphatic heterocycles. The van der Waals surface area contributed by atoms with E-state index in [0.717, 1.165) is 18.6 Å². The van der Waals surface area contributed by atoms with Gasteiger partial charge in [0.15, 0.2) is 0 Å². The molecule has 0 bridgehead atoms. The third-order valence-electron chi connectivity index (χ3n) is 2.36. The number of hydrogen-bond donors (Lipinski definition) is 1. The molecule has 1 aliphatic rings. The number of nitrogens with zero attached hydrogens (tertiary/aromatic N) is 1. The standard InChI is InChI=1S/C11H14N2O/c12-10(11-6-7-14-13-11)8-9-4-2-1-3-5-9/h1-5,10H,6-8,12H2/t10-/m0/s1. The van der Waals surface area contributed by atoms with E-state index in [-0.39, 0.29) is 6.04 Å². The molecule has 0 aromatic heterocycles. The van der Waals surface area contributed by atoms with E-state index in [1.165, 1.54) is 5.56 Å². The highest BCUT2D eigenvalue weighted by molar-refractivity contribution is 5.90. The van der Waals surface area contributed by atoms with Crippen LogP contribution in [0, 0.1) is 0 Å². The van der Waals surface area contributed by atoms with E-state index in [1.54, 1.807) is 0 Å². The van der Waals surface area contributed by atoms with Crippen LogP contribution < -0.4 is 5.73 Å². The molecule has 14 heavy (non-hydrogen) atoms. The summed E-state index contributed by atoms with van der Waals surface area (Å²) >= 11 is 0. The van der Waals surface area contributed by atoms with E-state index < -0.39 is 0 Å². The van der Waals surface area contributed by atoms with Gasteiger partial charge < -0.3 is 10.6 Å². The molecule has 0 unspecified atom stereocenters. The molecular formula is C11H14N2O. The van der Waals surface area contributed by atoms with Gasteiger partial charge in [0.05, 0.1) is 11.8 Å². The topological polar surface area (TPSA) is 47.6 Å². The van der Waals surface area contributed by atoms with Gasteiger partial charge in [-0.3, -0.25) is 0 Å². The fraction of sp³-hybridized carbons (Fsp3) is 0.364. The quantitative estimate of drug-likeness (QED) is 0.781. The molecule has 3 nitrogen and oxygen atoms in total. The summed E-state index contributed by atoms with van der Waals surface area (Å²) in [5, 5.41) is 3.92. The Labute approximate surface area is 83.6 Å². The zero-order chi connectivity index (χ0) is 9.80. The van der Waals surface area contributed by atoms with Gasteiger partial charge in [0.2, 0.25) is 0 Å². The van der Waals surface area contributed by atoms with Gasteiger partial charge in [0, 0.05) is 6.42 Å². The van der Waals surface area contributed by atoms with Gasteiger partial charge >= 0.3 is 0 Å². The van der Waals surface area contributed by atoms with Gasteiger partial charge in [-0.2, -0.15) is 0 Å². The van der Waals surface area contributed by atoms with E-state index >= 15 is 0 Å². The average molecular weight is 190 g/mol. The monoisotopic (exact) mass is 190 g/mol. The second kappa shape index (κ2) is 4.24. The molecule has 1 atom stereocenters. The summed E-state index contributed by atoms with van der Waals surface area (Å²) in [5.41, 5.74) is 8.23. The first-order valence-electron chi connectivity index (χ1n) is 4.84. The Morgan fingerprint density at radius 1 is 1.36 bits per heavy atom. The van der Waals surface area contributed by atoms with Gasteiger partial charge in [0.25, 0.3) is 0 Å². The smallest absolute Gasteiger partial charge is 0.122 e. The molecule has 0 radical (unpaired) electrons. The Morgan fingerprint density at radius 3 is 2.79 bits per heavy atom. The Morgan fingerprint density at radius 2 is 2.14 bits per heavy atom. The van der Waals surface area contributed by atoms with Crippen molar-refractivity contribution in [2.45, 2.75) is 18.9 Å². The van der Waals surface area contributed by atoms with Crippen molar-refractivity contribution in [1.29, 1.82) is 0 Å². The molecule has 1 aromatic carbocycles. The van der Waals surface area contributed by atoms with Gasteiger partial charge in [-0.05, 0) is 12.0 Å². The first-order chi connectivity index (χ1) is 6.86. The highest BCUT2D eigenvalue weighted by Crippen LogP contribution is 2.08. The first kappa shape index (κ1) is 9.21. The maximum atomic E-state index is 6.00. The third-order valence-corrected chi connectivity index (χ3v) is 2.36. The Kier molecular flexibility index (Phi) is 2.79. The van der Waals surface area contributed by atoms with Crippen LogP contribution in [0.15, 0.2) is 35.5 Å². The second-order valence-corrected chi connectivity index (χ2v) is 3.46. The number of hydrogen-bond acceptors (Lipinski definition) is 3. The summed E-state index contributed by atoms with van der Waals surface area (Å²) in [6.45, 7) is 0.678. The minimum atomic E-state index is -0.0000926. The molecule has 74 valence electrons. The fourth-order valence-electron chi connectivity index (χ4n) is 1.56. The summed E-state index contributed by atoms with van der Waals surface area (Å²) in [5.74, 6) is 0. The van der Waals surface area contributed by atoms with E-state index in [9.17, 15) is 0 Å². The fourth-order valence-corrected chi connectivity index (χ4v) is 1.56. The molecule has 0 amide bonds. The summed E-state index contributed by atoms with van der Waals surface area (Å²) in [6, 6.07) is 10.2. The lowest BCUT2D eigenvalue weighted by Crippen LogP contribution is -2.31. The van der Waals surface area contributed by atoms with Crippen molar-refractivity contribution in [3.8, 4) is 0 Å². The lowest BCUT2D eigenvalue weighted by Gasteiger charge is -2.09.